The van der Waals surface area contributed by atoms with E-state index < -0.39 is 23.6 Å². The lowest BCUT2D eigenvalue weighted by molar-refractivity contribution is -0.120. The summed E-state index contributed by atoms with van der Waals surface area (Å²) in [7, 11) is 0. The van der Waals surface area contributed by atoms with Gasteiger partial charge in [-0.05, 0) is 31.2 Å². The van der Waals surface area contributed by atoms with Crippen molar-refractivity contribution in [2.45, 2.75) is 13.0 Å². The Kier molecular flexibility index (Phi) is 5.28. The van der Waals surface area contributed by atoms with Crippen molar-refractivity contribution >= 4 is 17.3 Å². The molecule has 0 spiro atoms. The van der Waals surface area contributed by atoms with E-state index in [9.17, 15) is 13.6 Å². The number of carbonyl (C=O) groups is 1. The summed E-state index contributed by atoms with van der Waals surface area (Å²) in [6.07, 6.45) is 0. The predicted molar refractivity (Wildman–Crippen MR) is 94.7 cm³/mol. The molecule has 0 radical (unpaired) electrons. The second-order valence-corrected chi connectivity index (χ2v) is 6.12. The van der Waals surface area contributed by atoms with Gasteiger partial charge >= 0.3 is 0 Å². The molecule has 0 aromatic heterocycles. The van der Waals surface area contributed by atoms with Crippen molar-refractivity contribution < 1.29 is 13.6 Å². The maximum atomic E-state index is 13.7. The number of carbonyl (C=O) groups excluding carboxylic acids is 1. The van der Waals surface area contributed by atoms with Gasteiger partial charge in [-0.25, -0.2) is 8.78 Å². The topological polar surface area (TPSA) is 35.6 Å². The monoisotopic (exact) mass is 345 g/mol. The van der Waals surface area contributed by atoms with Gasteiger partial charge in [0.05, 0.1) is 6.04 Å². The van der Waals surface area contributed by atoms with Crippen LogP contribution in [-0.4, -0.2) is 43.0 Å². The molecule has 1 atom stereocenters. The van der Waals surface area contributed by atoms with Crippen LogP contribution in [0.5, 0.6) is 0 Å². The molecular weight excluding hydrogens is 324 g/mol. The summed E-state index contributed by atoms with van der Waals surface area (Å²) in [6, 6.07) is 13.2. The van der Waals surface area contributed by atoms with Crippen molar-refractivity contribution in [1.82, 2.24) is 4.90 Å². The average Bonchev–Trinajstić information content (AvgIpc) is 2.65. The number of nitrogens with zero attached hydrogens (tertiary/aromatic N) is 2. The molecule has 1 heterocycles. The van der Waals surface area contributed by atoms with Gasteiger partial charge in [-0.3, -0.25) is 9.69 Å². The molecule has 25 heavy (non-hydrogen) atoms. The number of piperazine rings is 1. The summed E-state index contributed by atoms with van der Waals surface area (Å²) in [5.41, 5.74) is 0.773. The molecule has 3 rings (SSSR count). The molecule has 1 aliphatic heterocycles. The number of hydrogen-bond donors (Lipinski definition) is 1. The van der Waals surface area contributed by atoms with Crippen LogP contribution in [0.2, 0.25) is 0 Å². The minimum atomic E-state index is -0.769. The summed E-state index contributed by atoms with van der Waals surface area (Å²) in [5, 5.41) is 2.37. The van der Waals surface area contributed by atoms with Crippen LogP contribution >= 0.6 is 0 Å². The van der Waals surface area contributed by atoms with E-state index in [0.29, 0.717) is 13.1 Å². The minimum Gasteiger partial charge on any atom is -0.369 e. The van der Waals surface area contributed by atoms with Gasteiger partial charge in [0, 0.05) is 31.9 Å². The third-order valence-corrected chi connectivity index (χ3v) is 4.57. The third kappa shape index (κ3) is 3.96. The minimum absolute atomic E-state index is 0.387. The fourth-order valence-corrected chi connectivity index (χ4v) is 3.02. The summed E-state index contributed by atoms with van der Waals surface area (Å²) >= 11 is 0. The molecule has 2 aromatic carbocycles. The Balaban J connectivity index is 1.59. The van der Waals surface area contributed by atoms with Gasteiger partial charge in [-0.15, -0.1) is 0 Å². The summed E-state index contributed by atoms with van der Waals surface area (Å²) in [6.45, 7) is 4.78. The Morgan fingerprint density at radius 3 is 2.16 bits per heavy atom. The molecule has 6 heteroatoms. The Morgan fingerprint density at radius 1 is 0.960 bits per heavy atom. The van der Waals surface area contributed by atoms with Gasteiger partial charge in [-0.1, -0.05) is 24.3 Å². The zero-order valence-corrected chi connectivity index (χ0v) is 14.1. The fraction of sp³-hybridized carbons (Fsp3) is 0.316. The molecule has 1 aliphatic rings. The molecule has 0 aliphatic carbocycles. The van der Waals surface area contributed by atoms with E-state index in [4.69, 9.17) is 0 Å². The van der Waals surface area contributed by atoms with Crippen LogP contribution in [0.4, 0.5) is 20.2 Å². The Labute approximate surface area is 146 Å². The van der Waals surface area contributed by atoms with E-state index in [-0.39, 0.29) is 5.69 Å². The van der Waals surface area contributed by atoms with E-state index >= 15 is 0 Å². The standard InChI is InChI=1S/C19H21F2N3O/c1-14(19(25)22-18-16(20)8-5-9-17(18)21)23-10-12-24(13-11-23)15-6-3-2-4-7-15/h2-9,14H,10-13H2,1H3,(H,22,25)/t14-/m0/s1. The van der Waals surface area contributed by atoms with Crippen LogP contribution in [0.3, 0.4) is 0 Å². The molecule has 1 N–H and O–H groups in total. The second kappa shape index (κ2) is 7.61. The zero-order chi connectivity index (χ0) is 17.8. The van der Waals surface area contributed by atoms with E-state index in [2.05, 4.69) is 22.3 Å². The maximum Gasteiger partial charge on any atom is 0.241 e. The van der Waals surface area contributed by atoms with E-state index in [0.717, 1.165) is 30.9 Å². The number of halogens is 2. The quantitative estimate of drug-likeness (QED) is 0.925. The number of anilines is 2. The highest BCUT2D eigenvalue weighted by Gasteiger charge is 2.26. The van der Waals surface area contributed by atoms with Crippen molar-refractivity contribution in [3.8, 4) is 0 Å². The maximum absolute atomic E-state index is 13.7. The van der Waals surface area contributed by atoms with Gasteiger partial charge in [0.1, 0.15) is 17.3 Å². The highest BCUT2D eigenvalue weighted by molar-refractivity contribution is 5.94. The van der Waals surface area contributed by atoms with Crippen LogP contribution in [0.25, 0.3) is 0 Å². The molecule has 1 amide bonds. The van der Waals surface area contributed by atoms with Crippen molar-refractivity contribution in [2.24, 2.45) is 0 Å². The molecule has 0 saturated carbocycles. The highest BCUT2D eigenvalue weighted by atomic mass is 19.1. The Bertz CT molecular complexity index is 710. The van der Waals surface area contributed by atoms with E-state index in [1.54, 1.807) is 6.92 Å². The molecule has 0 bridgehead atoms. The van der Waals surface area contributed by atoms with Crippen molar-refractivity contribution in [3.63, 3.8) is 0 Å². The molecule has 1 saturated heterocycles. The van der Waals surface area contributed by atoms with Gasteiger partial charge < -0.3 is 10.2 Å². The fourth-order valence-electron chi connectivity index (χ4n) is 3.02. The molecule has 2 aromatic rings. The predicted octanol–water partition coefficient (Wildman–Crippen LogP) is 3.11. The second-order valence-electron chi connectivity index (χ2n) is 6.12. The van der Waals surface area contributed by atoms with Crippen LogP contribution < -0.4 is 10.2 Å². The van der Waals surface area contributed by atoms with Crippen LogP contribution in [0.15, 0.2) is 48.5 Å². The van der Waals surface area contributed by atoms with Gasteiger partial charge in [-0.2, -0.15) is 0 Å². The van der Waals surface area contributed by atoms with Gasteiger partial charge in [0.15, 0.2) is 0 Å². The third-order valence-electron chi connectivity index (χ3n) is 4.57. The van der Waals surface area contributed by atoms with Crippen LogP contribution in [-0.2, 0) is 4.79 Å². The van der Waals surface area contributed by atoms with Crippen molar-refractivity contribution in [1.29, 1.82) is 0 Å². The molecule has 1 fully saturated rings. The van der Waals surface area contributed by atoms with Crippen LogP contribution in [0, 0.1) is 11.6 Å². The number of hydrogen-bond acceptors (Lipinski definition) is 3. The highest BCUT2D eigenvalue weighted by Crippen LogP contribution is 2.20. The Hall–Kier alpha value is -2.47. The SMILES string of the molecule is C[C@@H](C(=O)Nc1c(F)cccc1F)N1CCN(c2ccccc2)CC1. The van der Waals surface area contributed by atoms with E-state index in [1.165, 1.54) is 6.07 Å². The van der Waals surface area contributed by atoms with Crippen LogP contribution in [0.1, 0.15) is 6.92 Å². The van der Waals surface area contributed by atoms with Gasteiger partial charge in [0.25, 0.3) is 0 Å². The lowest BCUT2D eigenvalue weighted by Gasteiger charge is -2.38. The molecular formula is C19H21F2N3O. The summed E-state index contributed by atoms with van der Waals surface area (Å²) in [5.74, 6) is -1.94. The normalized spacial score (nSPS) is 16.5. The average molecular weight is 345 g/mol. The lowest BCUT2D eigenvalue weighted by atomic mass is 10.2. The lowest BCUT2D eigenvalue weighted by Crippen LogP contribution is -2.52. The zero-order valence-electron chi connectivity index (χ0n) is 14.1. The first-order valence-corrected chi connectivity index (χ1v) is 8.35. The first-order valence-electron chi connectivity index (χ1n) is 8.35. The Morgan fingerprint density at radius 2 is 1.56 bits per heavy atom. The van der Waals surface area contributed by atoms with Crippen molar-refractivity contribution in [2.75, 3.05) is 36.4 Å². The van der Waals surface area contributed by atoms with Crippen molar-refractivity contribution in [3.05, 3.63) is 60.2 Å². The molecule has 132 valence electrons. The summed E-state index contributed by atoms with van der Waals surface area (Å²) < 4.78 is 27.4. The summed E-state index contributed by atoms with van der Waals surface area (Å²) in [4.78, 5) is 16.7. The first kappa shape index (κ1) is 17.4. The largest absolute Gasteiger partial charge is 0.369 e. The van der Waals surface area contributed by atoms with E-state index in [1.807, 2.05) is 23.1 Å². The first-order chi connectivity index (χ1) is 12.1. The number of benzene rings is 2. The number of rotatable bonds is 4. The molecule has 4 nitrogen and oxygen atoms in total. The van der Waals surface area contributed by atoms with Gasteiger partial charge in [0.2, 0.25) is 5.91 Å². The number of amides is 1. The number of nitrogens with one attached hydrogen (secondary N) is 1. The smallest absolute Gasteiger partial charge is 0.241 e. The molecule has 0 unspecified atom stereocenters. The number of para-hydroxylation sites is 2.